The molecule has 0 saturated heterocycles. The minimum absolute atomic E-state index is 0.105. The zero-order valence-electron chi connectivity index (χ0n) is 11.7. The number of nitrogens with zero attached hydrogens (tertiary/aromatic N) is 1. The number of aromatic nitrogens is 2. The minimum Gasteiger partial charge on any atom is -0.310 e. The first-order valence-corrected chi connectivity index (χ1v) is 7.70. The van der Waals surface area contributed by atoms with E-state index in [1.165, 1.54) is 0 Å². The standard InChI is InChI=1S/C15H17ClN2OS/c1-15(2,3)12-8-14(19)18-13(17-12)9-20-11-6-4-5-10(16)7-11/h4-8H,9H2,1-3H3,(H,17,18,19). The maximum absolute atomic E-state index is 11.7. The van der Waals surface area contributed by atoms with Gasteiger partial charge in [0, 0.05) is 21.4 Å². The fourth-order valence-corrected chi connectivity index (χ4v) is 2.75. The Kier molecular flexibility index (Phi) is 4.55. The largest absolute Gasteiger partial charge is 0.310 e. The SMILES string of the molecule is CC(C)(C)c1cc(=O)[nH]c(CSc2cccc(Cl)c2)n1. The van der Waals surface area contributed by atoms with Gasteiger partial charge in [-0.05, 0) is 18.2 Å². The van der Waals surface area contributed by atoms with Gasteiger partial charge in [0.25, 0.3) is 5.56 Å². The molecule has 106 valence electrons. The molecular weight excluding hydrogens is 292 g/mol. The quantitative estimate of drug-likeness (QED) is 0.871. The van der Waals surface area contributed by atoms with Gasteiger partial charge in [0.2, 0.25) is 0 Å². The second-order valence-electron chi connectivity index (χ2n) is 5.57. The van der Waals surface area contributed by atoms with Crippen molar-refractivity contribution in [2.24, 2.45) is 0 Å². The second-order valence-corrected chi connectivity index (χ2v) is 7.06. The topological polar surface area (TPSA) is 45.8 Å². The van der Waals surface area contributed by atoms with E-state index in [1.807, 2.05) is 45.0 Å². The lowest BCUT2D eigenvalue weighted by atomic mass is 9.92. The van der Waals surface area contributed by atoms with Crippen molar-refractivity contribution in [2.75, 3.05) is 0 Å². The Bertz CT molecular complexity index is 661. The molecule has 0 aliphatic carbocycles. The number of nitrogens with one attached hydrogen (secondary N) is 1. The van der Waals surface area contributed by atoms with Crippen LogP contribution in [0.15, 0.2) is 40.0 Å². The van der Waals surface area contributed by atoms with Gasteiger partial charge >= 0.3 is 0 Å². The van der Waals surface area contributed by atoms with Crippen LogP contribution in [0.3, 0.4) is 0 Å². The summed E-state index contributed by atoms with van der Waals surface area (Å²) in [6.07, 6.45) is 0. The third-order valence-corrected chi connectivity index (χ3v) is 3.97. The van der Waals surface area contributed by atoms with Gasteiger partial charge in [-0.1, -0.05) is 38.4 Å². The van der Waals surface area contributed by atoms with Crippen LogP contribution in [0.5, 0.6) is 0 Å². The zero-order valence-corrected chi connectivity index (χ0v) is 13.3. The third kappa shape index (κ3) is 4.12. The van der Waals surface area contributed by atoms with Gasteiger partial charge in [0.05, 0.1) is 11.4 Å². The first-order valence-electron chi connectivity index (χ1n) is 6.34. The fraction of sp³-hybridized carbons (Fsp3) is 0.333. The number of benzene rings is 1. The van der Waals surface area contributed by atoms with E-state index < -0.39 is 0 Å². The highest BCUT2D eigenvalue weighted by Gasteiger charge is 2.17. The second kappa shape index (κ2) is 6.02. The summed E-state index contributed by atoms with van der Waals surface area (Å²) < 4.78 is 0. The van der Waals surface area contributed by atoms with E-state index in [0.29, 0.717) is 16.6 Å². The van der Waals surface area contributed by atoms with Crippen LogP contribution in [-0.2, 0) is 11.2 Å². The van der Waals surface area contributed by atoms with Crippen LogP contribution in [0.1, 0.15) is 32.3 Å². The fourth-order valence-electron chi connectivity index (χ4n) is 1.67. The predicted molar refractivity (Wildman–Crippen MR) is 84.6 cm³/mol. The molecule has 0 saturated carbocycles. The van der Waals surface area contributed by atoms with Gasteiger partial charge in [-0.2, -0.15) is 0 Å². The number of hydrogen-bond acceptors (Lipinski definition) is 3. The van der Waals surface area contributed by atoms with Crippen molar-refractivity contribution in [1.82, 2.24) is 9.97 Å². The highest BCUT2D eigenvalue weighted by Crippen LogP contribution is 2.25. The Morgan fingerprint density at radius 2 is 2.05 bits per heavy atom. The van der Waals surface area contributed by atoms with Crippen molar-refractivity contribution in [2.45, 2.75) is 36.8 Å². The van der Waals surface area contributed by atoms with E-state index >= 15 is 0 Å². The average molecular weight is 309 g/mol. The Labute approximate surface area is 127 Å². The smallest absolute Gasteiger partial charge is 0.251 e. The van der Waals surface area contributed by atoms with Crippen molar-refractivity contribution < 1.29 is 0 Å². The molecule has 0 fully saturated rings. The molecule has 1 N–H and O–H groups in total. The van der Waals surface area contributed by atoms with Crippen LogP contribution in [0.25, 0.3) is 0 Å². The van der Waals surface area contributed by atoms with E-state index in [-0.39, 0.29) is 11.0 Å². The Morgan fingerprint density at radius 1 is 1.30 bits per heavy atom. The third-order valence-electron chi connectivity index (χ3n) is 2.73. The Balaban J connectivity index is 2.18. The van der Waals surface area contributed by atoms with Crippen molar-refractivity contribution in [3.05, 3.63) is 57.2 Å². The summed E-state index contributed by atoms with van der Waals surface area (Å²) >= 11 is 7.55. The van der Waals surface area contributed by atoms with E-state index in [1.54, 1.807) is 17.8 Å². The van der Waals surface area contributed by atoms with Crippen LogP contribution in [0, 0.1) is 0 Å². The molecule has 0 amide bonds. The molecule has 2 rings (SSSR count). The molecular formula is C15H17ClN2OS. The minimum atomic E-state index is -0.135. The number of aromatic amines is 1. The molecule has 1 aromatic heterocycles. The van der Waals surface area contributed by atoms with Gasteiger partial charge in [0.1, 0.15) is 5.82 Å². The number of rotatable bonds is 3. The number of halogens is 1. The molecule has 0 spiro atoms. The normalized spacial score (nSPS) is 11.6. The zero-order chi connectivity index (χ0) is 14.8. The van der Waals surface area contributed by atoms with Gasteiger partial charge in [0.15, 0.2) is 0 Å². The molecule has 0 radical (unpaired) electrons. The Morgan fingerprint density at radius 3 is 2.70 bits per heavy atom. The molecule has 0 bridgehead atoms. The van der Waals surface area contributed by atoms with Crippen LogP contribution < -0.4 is 5.56 Å². The highest BCUT2D eigenvalue weighted by atomic mass is 35.5. The summed E-state index contributed by atoms with van der Waals surface area (Å²) in [5.41, 5.74) is 0.568. The molecule has 2 aromatic rings. The number of thioether (sulfide) groups is 1. The molecule has 0 atom stereocenters. The van der Waals surface area contributed by atoms with Crippen LogP contribution in [-0.4, -0.2) is 9.97 Å². The highest BCUT2D eigenvalue weighted by molar-refractivity contribution is 7.98. The lowest BCUT2D eigenvalue weighted by molar-refractivity contribution is 0.562. The van der Waals surface area contributed by atoms with Gasteiger partial charge in [-0.25, -0.2) is 4.98 Å². The van der Waals surface area contributed by atoms with Crippen molar-refractivity contribution in [3.8, 4) is 0 Å². The van der Waals surface area contributed by atoms with Crippen LogP contribution in [0.4, 0.5) is 0 Å². The summed E-state index contributed by atoms with van der Waals surface area (Å²) in [6.45, 7) is 6.13. The number of H-pyrrole nitrogens is 1. The molecule has 3 nitrogen and oxygen atoms in total. The summed E-state index contributed by atoms with van der Waals surface area (Å²) in [4.78, 5) is 20.1. The van der Waals surface area contributed by atoms with Crippen LogP contribution in [0.2, 0.25) is 5.02 Å². The van der Waals surface area contributed by atoms with Gasteiger partial charge in [-0.3, -0.25) is 4.79 Å². The van der Waals surface area contributed by atoms with E-state index in [0.717, 1.165) is 10.6 Å². The lowest BCUT2D eigenvalue weighted by Crippen LogP contribution is -2.20. The molecule has 1 heterocycles. The van der Waals surface area contributed by atoms with E-state index in [9.17, 15) is 4.79 Å². The van der Waals surface area contributed by atoms with E-state index in [2.05, 4.69) is 9.97 Å². The first-order chi connectivity index (χ1) is 9.34. The Hall–Kier alpha value is -1.26. The molecule has 0 aliphatic rings. The molecule has 0 aliphatic heterocycles. The summed E-state index contributed by atoms with van der Waals surface area (Å²) in [5, 5.41) is 0.708. The molecule has 5 heteroatoms. The predicted octanol–water partition coefficient (Wildman–Crippen LogP) is 4.01. The average Bonchev–Trinajstić information content (AvgIpc) is 2.35. The van der Waals surface area contributed by atoms with Crippen molar-refractivity contribution >= 4 is 23.4 Å². The first kappa shape index (κ1) is 15.1. The molecule has 1 aromatic carbocycles. The maximum Gasteiger partial charge on any atom is 0.251 e. The lowest BCUT2D eigenvalue weighted by Gasteiger charge is -2.17. The maximum atomic E-state index is 11.7. The van der Waals surface area contributed by atoms with Gasteiger partial charge < -0.3 is 4.98 Å². The van der Waals surface area contributed by atoms with Crippen LogP contribution >= 0.6 is 23.4 Å². The summed E-state index contributed by atoms with van der Waals surface area (Å²) in [6, 6.07) is 9.20. The summed E-state index contributed by atoms with van der Waals surface area (Å²) in [5.74, 6) is 1.30. The molecule has 0 unspecified atom stereocenters. The van der Waals surface area contributed by atoms with Gasteiger partial charge in [-0.15, -0.1) is 11.8 Å². The monoisotopic (exact) mass is 308 g/mol. The van der Waals surface area contributed by atoms with Crippen molar-refractivity contribution in [3.63, 3.8) is 0 Å². The van der Waals surface area contributed by atoms with Crippen molar-refractivity contribution in [1.29, 1.82) is 0 Å². The van der Waals surface area contributed by atoms with E-state index in [4.69, 9.17) is 11.6 Å². The summed E-state index contributed by atoms with van der Waals surface area (Å²) in [7, 11) is 0. The molecule has 20 heavy (non-hydrogen) atoms. The number of hydrogen-bond donors (Lipinski definition) is 1.